The van der Waals surface area contributed by atoms with Gasteiger partial charge in [0.05, 0.1) is 38.1 Å². The van der Waals surface area contributed by atoms with Crippen molar-refractivity contribution in [2.45, 2.75) is 114 Å². The third-order valence-corrected chi connectivity index (χ3v) is 20.0. The van der Waals surface area contributed by atoms with E-state index < -0.39 is 142 Å². The van der Waals surface area contributed by atoms with Crippen LogP contribution in [0, 0.1) is 49.4 Å². The van der Waals surface area contributed by atoms with E-state index in [1.165, 1.54) is 31.7 Å². The number of hydrogen-bond donors (Lipinski definition) is 10. The molecule has 5 aromatic rings. The lowest BCUT2D eigenvalue weighted by Crippen LogP contribution is -2.54. The number of aliphatic hydroxyl groups is 4. The van der Waals surface area contributed by atoms with Crippen LogP contribution in [0.4, 0.5) is 0 Å². The summed E-state index contributed by atoms with van der Waals surface area (Å²) >= 11 is 0. The summed E-state index contributed by atoms with van der Waals surface area (Å²) in [4.78, 5) is 169. The van der Waals surface area contributed by atoms with Gasteiger partial charge in [0, 0.05) is 122 Å². The van der Waals surface area contributed by atoms with Crippen LogP contribution < -0.4 is 38.6 Å². The number of carbonyl (C=O) groups is 3. The lowest BCUT2D eigenvalue weighted by Gasteiger charge is -2.35. The Morgan fingerprint density at radius 2 is 0.909 bits per heavy atom. The van der Waals surface area contributed by atoms with Gasteiger partial charge in [-0.05, 0) is 56.1 Å². The number of carbonyl (C=O) groups excluding carboxylic acids is 3. The second-order valence-electron chi connectivity index (χ2n) is 26.2. The number of nitrogens with zero attached hydrogens (tertiary/aromatic N) is 12. The molecule has 0 spiro atoms. The molecule has 42 nitrogen and oxygen atoms in total. The molecule has 0 bridgehead atoms. The number of aryl methyl sites for hydroxylation is 2. The number of aromatic nitrogens is 10. The number of esters is 3. The molecule has 6 fully saturated rings. The van der Waals surface area contributed by atoms with Crippen LogP contribution in [-0.2, 0) is 61.0 Å². The van der Waals surface area contributed by atoms with E-state index in [2.05, 4.69) is 70.0 Å². The van der Waals surface area contributed by atoms with Crippen LogP contribution in [0.15, 0.2) is 72.1 Å². The normalized spacial score (nSPS) is 25.6. The standard InChI is InChI=1S/C23H31N6O9P.C19H27N4O10P.C19H26N4O7.C4H6N2.CH4/c1-15-24-6-7-29(15)39(34,35)37-14-19-18(30)11-20(38-19)28-12-16(21(31)25-23(28)33)5-4-10-36-22(32)17-13-26(2)8-9-27(17)3;1-21-5-6-22(2)13(10-21)18(26)31-7-3-4-12-9-23(19(27)20-17(12)25)16-8-14(24)15(33-16)11-32-34(28,29)30;1-21-5-6-22(2)13(10-21)18(27)29-7-3-4-12-9-23(19(28)20-17(12)26)16-8-14(25)15(11-24)30-16;1-4-5-2-3-6-4;/h6-7,12,17-20,30H,8-11,13-14H2,1-3H3,(H,34,35)(H,25,31,33);9,13-16,24H,5-8,10-11H2,1-2H3,(H,20,25,27)(H2,28,29,30);9,13-16,24-25H,5-8,10-11H2,1-2H3,(H,20,26,28);2-3H,1H3,(H,5,6);1H4/p-1/t17?,18?,19-,20-;2*13?,14?,15-,16-;;/m111../s1. The van der Waals surface area contributed by atoms with E-state index in [-0.39, 0.29) is 87.6 Å². The number of likely N-dealkylation sites (N-methyl/N-ethyl adjacent to an activating group) is 6. The first-order valence-electron chi connectivity index (χ1n) is 34.0. The van der Waals surface area contributed by atoms with Gasteiger partial charge in [0.15, 0.2) is 19.8 Å². The maximum absolute atomic E-state index is 12.5. The minimum absolute atomic E-state index is 0. The average molecular weight is 1590 g/mol. The van der Waals surface area contributed by atoms with Gasteiger partial charge in [0.25, 0.3) is 24.5 Å². The number of phosphoric ester groups is 1. The van der Waals surface area contributed by atoms with E-state index in [1.807, 2.05) is 78.6 Å². The summed E-state index contributed by atoms with van der Waals surface area (Å²) in [7, 11) is 2.00. The molecule has 10 N–H and O–H groups in total. The number of H-pyrrole nitrogens is 4. The quantitative estimate of drug-likeness (QED) is 0.0179. The van der Waals surface area contributed by atoms with E-state index in [0.717, 1.165) is 69.3 Å². The number of aliphatic hydroxyl groups excluding tert-OH is 4. The zero-order chi connectivity index (χ0) is 79.6. The first-order chi connectivity index (χ1) is 51.6. The molecule has 0 radical (unpaired) electrons. The van der Waals surface area contributed by atoms with Crippen molar-refractivity contribution in [2.75, 3.05) is 141 Å². The van der Waals surface area contributed by atoms with Crippen molar-refractivity contribution in [3.05, 3.63) is 134 Å². The van der Waals surface area contributed by atoms with E-state index in [1.54, 1.807) is 12.4 Å². The number of hydrogen-bond acceptors (Lipinski definition) is 32. The second kappa shape index (κ2) is 40.5. The molecule has 6 aliphatic rings. The zero-order valence-electron chi connectivity index (χ0n) is 60.8. The number of phosphoric acid groups is 1. The highest BCUT2D eigenvalue weighted by Gasteiger charge is 2.41. The summed E-state index contributed by atoms with van der Waals surface area (Å²) in [6, 6.07) is -1.21. The Labute approximate surface area is 629 Å². The van der Waals surface area contributed by atoms with Crippen LogP contribution in [0.25, 0.3) is 0 Å². The summed E-state index contributed by atoms with van der Waals surface area (Å²) in [6.45, 7) is 7.65. The molecular formula is C66H93N16O26P2-. The minimum atomic E-state index is -5.02. The van der Waals surface area contributed by atoms with E-state index in [4.69, 9.17) is 37.8 Å². The van der Waals surface area contributed by atoms with E-state index >= 15 is 0 Å². The number of piperazine rings is 3. The minimum Gasteiger partial charge on any atom is -0.756 e. The molecule has 604 valence electrons. The molecular weight excluding hydrogens is 1490 g/mol. The van der Waals surface area contributed by atoms with Gasteiger partial charge in [-0.25, -0.2) is 33.3 Å². The lowest BCUT2D eigenvalue weighted by molar-refractivity contribution is -0.223. The van der Waals surface area contributed by atoms with Crippen LogP contribution >= 0.6 is 15.6 Å². The van der Waals surface area contributed by atoms with Gasteiger partial charge in [0.1, 0.15) is 83.5 Å². The van der Waals surface area contributed by atoms with Gasteiger partial charge < -0.3 is 87.7 Å². The van der Waals surface area contributed by atoms with Gasteiger partial charge in [-0.3, -0.25) is 81.2 Å². The predicted molar refractivity (Wildman–Crippen MR) is 384 cm³/mol. The highest BCUT2D eigenvalue weighted by Crippen LogP contribution is 2.45. The number of imidazole rings is 2. The summed E-state index contributed by atoms with van der Waals surface area (Å²) < 4.78 is 69.0. The Bertz CT molecular complexity index is 4640. The van der Waals surface area contributed by atoms with Crippen molar-refractivity contribution in [1.82, 2.24) is 77.3 Å². The van der Waals surface area contributed by atoms with E-state index in [0.29, 0.717) is 19.6 Å². The highest BCUT2D eigenvalue weighted by molar-refractivity contribution is 7.51. The van der Waals surface area contributed by atoms with Crippen molar-refractivity contribution < 1.29 is 96.1 Å². The van der Waals surface area contributed by atoms with Crippen LogP contribution in [0.3, 0.4) is 0 Å². The average Bonchev–Trinajstić information content (AvgIpc) is 1.64. The Morgan fingerprint density at radius 1 is 0.555 bits per heavy atom. The summed E-state index contributed by atoms with van der Waals surface area (Å²) in [5, 5.41) is 39.5. The molecule has 11 rings (SSSR count). The smallest absolute Gasteiger partial charge is 0.437 e. The van der Waals surface area contributed by atoms with Crippen molar-refractivity contribution in [3.63, 3.8) is 0 Å². The molecule has 5 aromatic heterocycles. The maximum atomic E-state index is 12.5. The first kappa shape index (κ1) is 88.5. The van der Waals surface area contributed by atoms with Gasteiger partial charge in [-0.1, -0.05) is 42.9 Å². The maximum Gasteiger partial charge on any atom is 0.437 e. The molecule has 11 heterocycles. The van der Waals surface area contributed by atoms with Gasteiger partial charge in [0.2, 0.25) is 0 Å². The zero-order valence-corrected chi connectivity index (χ0v) is 62.6. The highest BCUT2D eigenvalue weighted by atomic mass is 31.2. The number of rotatable bonds is 17. The SMILES string of the molecule is C.CN1CCN(C)C(C(=O)OCC#Cc2cn([C@H]3CC(O)[C@@H](CO)O3)c(=O)[nH]c2=O)C1.CN1CCN(C)C(C(=O)OCC#Cc2cn([C@H]3CC(O)[C@@H](COP(=O)([O-])O)O3)c(=O)[nH]c2=O)C1.Cc1ncc[nH]1.Cc1nccn1P(=O)(O)OC[C@H]1O[C@@H](n2cc(C#CCOC(=O)C3CN(C)CCN3C)c(=O)[nH]c2=O)CC1O. The van der Waals surface area contributed by atoms with Crippen molar-refractivity contribution in [3.8, 4) is 35.5 Å². The molecule has 0 aromatic carbocycles. The molecule has 6 aliphatic heterocycles. The second-order valence-corrected chi connectivity index (χ2v) is 29.0. The van der Waals surface area contributed by atoms with Crippen LogP contribution in [0.2, 0.25) is 0 Å². The number of ether oxygens (including phenoxy) is 6. The Hall–Kier alpha value is -8.71. The molecule has 0 amide bonds. The van der Waals surface area contributed by atoms with Crippen LogP contribution in [-0.4, -0.2) is 321 Å². The molecule has 0 saturated carbocycles. The molecule has 0 aliphatic carbocycles. The van der Waals surface area contributed by atoms with Crippen molar-refractivity contribution in [2.24, 2.45) is 0 Å². The summed E-state index contributed by atoms with van der Waals surface area (Å²) in [5.74, 6) is 15.5. The van der Waals surface area contributed by atoms with Crippen LogP contribution in [0.1, 0.15) is 73.7 Å². The molecule has 14 atom stereocenters. The summed E-state index contributed by atoms with van der Waals surface area (Å²) in [5.41, 5.74) is -4.71. The molecule has 110 heavy (non-hydrogen) atoms. The van der Waals surface area contributed by atoms with Crippen molar-refractivity contribution >= 4 is 33.5 Å². The van der Waals surface area contributed by atoms with Gasteiger partial charge in [-0.2, -0.15) is 0 Å². The lowest BCUT2D eigenvalue weighted by atomic mass is 10.2. The third-order valence-electron chi connectivity index (χ3n) is 18.0. The Kier molecular flexibility index (Phi) is 32.6. The first-order valence-corrected chi connectivity index (χ1v) is 37.1. The predicted octanol–water partition coefficient (Wildman–Crippen LogP) is -6.03. The topological polar surface area (TPSA) is 534 Å². The largest absolute Gasteiger partial charge is 0.756 e. The van der Waals surface area contributed by atoms with Crippen molar-refractivity contribution in [1.29, 1.82) is 0 Å². The fraction of sp³-hybridized carbons (Fsp3) is 0.591. The summed E-state index contributed by atoms with van der Waals surface area (Å²) in [6.07, 6.45) is 0.570. The number of aromatic amines is 4. The molecule has 44 heteroatoms. The van der Waals surface area contributed by atoms with Crippen LogP contribution in [0.5, 0.6) is 0 Å². The fourth-order valence-electron chi connectivity index (χ4n) is 11.7. The molecule has 6 saturated heterocycles. The Balaban J connectivity index is 0.000000221. The third kappa shape index (κ3) is 24.9. The Morgan fingerprint density at radius 3 is 1.21 bits per heavy atom. The molecule has 8 unspecified atom stereocenters. The monoisotopic (exact) mass is 1590 g/mol. The van der Waals surface area contributed by atoms with E-state index in [9.17, 15) is 82.5 Å². The fourth-order valence-corrected chi connectivity index (χ4v) is 13.1. The number of nitrogens with one attached hydrogen (secondary N) is 4. The van der Waals surface area contributed by atoms with Gasteiger partial charge >= 0.3 is 42.7 Å². The van der Waals surface area contributed by atoms with Gasteiger partial charge in [-0.15, -0.1) is 0 Å².